The third-order valence-corrected chi connectivity index (χ3v) is 10.5. The molecule has 0 aliphatic heterocycles. The molecular weight excluding hydrogens is 685 g/mol. The summed E-state index contributed by atoms with van der Waals surface area (Å²) in [5.41, 5.74) is 0. The molecule has 0 fully saturated rings. The molecule has 0 radical (unpaired) electrons. The molecule has 0 heterocycles. The van der Waals surface area contributed by atoms with Crippen molar-refractivity contribution in [2.45, 2.75) is 258 Å². The standard InChI is InChI=1S/C49H90O6/c1-4-7-10-13-16-19-22-23-24-25-26-27-28-31-33-36-39-42-48(51)54-45-46(55-49(52)43-40-37-34-30-21-18-15-12-9-6-3)44-53-47(50)41-38-35-32-29-20-17-14-11-8-5-2/h16,19,23-24,46H,4-15,17-18,20-22,25-45H2,1-3H3/b19-16-,24-23-. The van der Waals surface area contributed by atoms with Gasteiger partial charge in [-0.1, -0.05) is 206 Å². The van der Waals surface area contributed by atoms with Gasteiger partial charge in [0.15, 0.2) is 6.10 Å². The molecule has 0 bridgehead atoms. The van der Waals surface area contributed by atoms with Crippen LogP contribution in [0.3, 0.4) is 0 Å². The Morgan fingerprint density at radius 1 is 0.364 bits per heavy atom. The number of carbonyl (C=O) groups is 3. The van der Waals surface area contributed by atoms with Crippen LogP contribution in [0.1, 0.15) is 252 Å². The van der Waals surface area contributed by atoms with Crippen LogP contribution in [-0.4, -0.2) is 37.2 Å². The Morgan fingerprint density at radius 3 is 1.04 bits per heavy atom. The number of esters is 3. The minimum atomic E-state index is -0.766. The third-order valence-electron chi connectivity index (χ3n) is 10.5. The molecule has 0 rings (SSSR count). The van der Waals surface area contributed by atoms with Gasteiger partial charge in [0.2, 0.25) is 0 Å². The zero-order valence-corrected chi connectivity index (χ0v) is 36.7. The molecule has 0 N–H and O–H groups in total. The Morgan fingerprint density at radius 2 is 0.655 bits per heavy atom. The van der Waals surface area contributed by atoms with Crippen LogP contribution in [0.4, 0.5) is 0 Å². The van der Waals surface area contributed by atoms with E-state index in [4.69, 9.17) is 14.2 Å². The van der Waals surface area contributed by atoms with Gasteiger partial charge in [-0.3, -0.25) is 14.4 Å². The highest BCUT2D eigenvalue weighted by Crippen LogP contribution is 2.15. The molecule has 1 atom stereocenters. The third kappa shape index (κ3) is 42.9. The van der Waals surface area contributed by atoms with E-state index < -0.39 is 6.10 Å². The Hall–Kier alpha value is -2.11. The molecule has 0 aromatic heterocycles. The van der Waals surface area contributed by atoms with Gasteiger partial charge in [0, 0.05) is 19.3 Å². The molecule has 6 heteroatoms. The first-order valence-corrected chi connectivity index (χ1v) is 23.8. The fraction of sp³-hybridized carbons (Fsp3) is 0.857. The summed E-state index contributed by atoms with van der Waals surface area (Å²) < 4.78 is 16.7. The van der Waals surface area contributed by atoms with Crippen LogP contribution >= 0.6 is 0 Å². The molecular formula is C49H90O6. The van der Waals surface area contributed by atoms with Gasteiger partial charge in [-0.25, -0.2) is 0 Å². The van der Waals surface area contributed by atoms with Crippen molar-refractivity contribution in [3.8, 4) is 0 Å². The normalized spacial score (nSPS) is 12.1. The average Bonchev–Trinajstić information content (AvgIpc) is 3.18. The molecule has 0 aromatic carbocycles. The maximum Gasteiger partial charge on any atom is 0.306 e. The van der Waals surface area contributed by atoms with Gasteiger partial charge in [0.25, 0.3) is 0 Å². The van der Waals surface area contributed by atoms with E-state index in [-0.39, 0.29) is 31.1 Å². The predicted octanol–water partition coefficient (Wildman–Crippen LogP) is 15.2. The summed E-state index contributed by atoms with van der Waals surface area (Å²) in [7, 11) is 0. The number of unbranched alkanes of at least 4 members (excludes halogenated alkanes) is 28. The van der Waals surface area contributed by atoms with Gasteiger partial charge >= 0.3 is 17.9 Å². The molecule has 0 aliphatic rings. The molecule has 55 heavy (non-hydrogen) atoms. The second-order valence-electron chi connectivity index (χ2n) is 16.0. The van der Waals surface area contributed by atoms with E-state index >= 15 is 0 Å². The lowest BCUT2D eigenvalue weighted by Crippen LogP contribution is -2.30. The largest absolute Gasteiger partial charge is 0.462 e. The summed E-state index contributed by atoms with van der Waals surface area (Å²) in [6.45, 7) is 6.59. The molecule has 6 nitrogen and oxygen atoms in total. The zero-order valence-electron chi connectivity index (χ0n) is 36.7. The molecule has 0 aliphatic carbocycles. The van der Waals surface area contributed by atoms with Crippen molar-refractivity contribution in [1.29, 1.82) is 0 Å². The summed E-state index contributed by atoms with van der Waals surface area (Å²) in [6.07, 6.45) is 48.7. The first kappa shape index (κ1) is 52.9. The molecule has 0 saturated carbocycles. The second kappa shape index (κ2) is 44.6. The van der Waals surface area contributed by atoms with Gasteiger partial charge in [-0.2, -0.15) is 0 Å². The Bertz CT molecular complexity index is 896. The Labute approximate surface area is 341 Å². The van der Waals surface area contributed by atoms with Crippen LogP contribution in [-0.2, 0) is 28.6 Å². The van der Waals surface area contributed by atoms with Crippen LogP contribution in [0.5, 0.6) is 0 Å². The van der Waals surface area contributed by atoms with Crippen molar-refractivity contribution in [2.24, 2.45) is 0 Å². The van der Waals surface area contributed by atoms with Crippen LogP contribution < -0.4 is 0 Å². The smallest absolute Gasteiger partial charge is 0.306 e. The fourth-order valence-electron chi connectivity index (χ4n) is 6.82. The van der Waals surface area contributed by atoms with Gasteiger partial charge in [-0.05, 0) is 51.4 Å². The molecule has 322 valence electrons. The SMILES string of the molecule is CCCCC/C=C\C/C=C\CCCCCCCCCC(=O)OCC(COC(=O)CCCCCCCCCCCC)OC(=O)CCCCCCCCCCCC. The van der Waals surface area contributed by atoms with Crippen LogP contribution in [0.15, 0.2) is 24.3 Å². The molecule has 0 saturated heterocycles. The maximum atomic E-state index is 12.7. The molecule has 0 amide bonds. The van der Waals surface area contributed by atoms with E-state index in [1.54, 1.807) is 0 Å². The second-order valence-corrected chi connectivity index (χ2v) is 16.0. The number of rotatable bonds is 43. The summed E-state index contributed by atoms with van der Waals surface area (Å²) in [6, 6.07) is 0. The summed E-state index contributed by atoms with van der Waals surface area (Å²) in [5, 5.41) is 0. The van der Waals surface area contributed by atoms with E-state index in [9.17, 15) is 14.4 Å². The highest BCUT2D eigenvalue weighted by molar-refractivity contribution is 5.71. The number of allylic oxidation sites excluding steroid dienone is 4. The van der Waals surface area contributed by atoms with Crippen molar-refractivity contribution in [3.63, 3.8) is 0 Å². The average molecular weight is 775 g/mol. The summed E-state index contributed by atoms with van der Waals surface area (Å²) in [5.74, 6) is -0.873. The summed E-state index contributed by atoms with van der Waals surface area (Å²) >= 11 is 0. The number of ether oxygens (including phenoxy) is 3. The molecule has 1 unspecified atom stereocenters. The predicted molar refractivity (Wildman–Crippen MR) is 233 cm³/mol. The minimum absolute atomic E-state index is 0.0698. The van der Waals surface area contributed by atoms with Crippen molar-refractivity contribution in [3.05, 3.63) is 24.3 Å². The van der Waals surface area contributed by atoms with Gasteiger partial charge in [0.05, 0.1) is 0 Å². The Kier molecular flexibility index (Phi) is 42.9. The van der Waals surface area contributed by atoms with Crippen molar-refractivity contribution in [2.75, 3.05) is 13.2 Å². The minimum Gasteiger partial charge on any atom is -0.462 e. The highest BCUT2D eigenvalue weighted by Gasteiger charge is 2.19. The molecule has 0 aromatic rings. The van der Waals surface area contributed by atoms with Crippen molar-refractivity contribution < 1.29 is 28.6 Å². The van der Waals surface area contributed by atoms with Crippen molar-refractivity contribution in [1.82, 2.24) is 0 Å². The van der Waals surface area contributed by atoms with E-state index in [0.29, 0.717) is 19.3 Å². The number of carbonyl (C=O) groups excluding carboxylic acids is 3. The van der Waals surface area contributed by atoms with Gasteiger partial charge in [-0.15, -0.1) is 0 Å². The van der Waals surface area contributed by atoms with E-state index in [1.807, 2.05) is 0 Å². The van der Waals surface area contributed by atoms with Crippen LogP contribution in [0.25, 0.3) is 0 Å². The van der Waals surface area contributed by atoms with E-state index in [1.165, 1.54) is 141 Å². The summed E-state index contributed by atoms with van der Waals surface area (Å²) in [4.78, 5) is 37.7. The lowest BCUT2D eigenvalue weighted by Gasteiger charge is -2.18. The lowest BCUT2D eigenvalue weighted by atomic mass is 10.1. The highest BCUT2D eigenvalue weighted by atomic mass is 16.6. The van der Waals surface area contributed by atoms with E-state index in [0.717, 1.165) is 70.6 Å². The maximum absolute atomic E-state index is 12.7. The first-order chi connectivity index (χ1) is 27.0. The van der Waals surface area contributed by atoms with E-state index in [2.05, 4.69) is 45.1 Å². The monoisotopic (exact) mass is 775 g/mol. The molecule has 0 spiro atoms. The number of hydrogen-bond donors (Lipinski definition) is 0. The number of hydrogen-bond acceptors (Lipinski definition) is 6. The van der Waals surface area contributed by atoms with Gasteiger partial charge < -0.3 is 14.2 Å². The fourth-order valence-corrected chi connectivity index (χ4v) is 6.82. The van der Waals surface area contributed by atoms with Gasteiger partial charge in [0.1, 0.15) is 13.2 Å². The van der Waals surface area contributed by atoms with Crippen molar-refractivity contribution >= 4 is 17.9 Å². The Balaban J connectivity index is 4.30. The quantitative estimate of drug-likeness (QED) is 0.0266. The lowest BCUT2D eigenvalue weighted by molar-refractivity contribution is -0.167. The van der Waals surface area contributed by atoms with Crippen LogP contribution in [0, 0.1) is 0 Å². The topological polar surface area (TPSA) is 78.9 Å². The first-order valence-electron chi connectivity index (χ1n) is 23.8. The zero-order chi connectivity index (χ0) is 40.1. The van der Waals surface area contributed by atoms with Crippen LogP contribution in [0.2, 0.25) is 0 Å².